The molecule has 2 rings (SSSR count). The first-order valence-corrected chi connectivity index (χ1v) is 6.45. The normalized spacial score (nSPS) is 23.7. The molecule has 0 aromatic heterocycles. The maximum Gasteiger partial charge on any atom is 0.127 e. The molecule has 0 heterocycles. The van der Waals surface area contributed by atoms with Crippen LogP contribution < -0.4 is 0 Å². The van der Waals surface area contributed by atoms with Crippen LogP contribution in [0.3, 0.4) is 0 Å². The summed E-state index contributed by atoms with van der Waals surface area (Å²) >= 11 is 0. The van der Waals surface area contributed by atoms with Crippen LogP contribution in [0.15, 0.2) is 54.6 Å². The minimum Gasteiger partial charge on any atom is -0.381 e. The van der Waals surface area contributed by atoms with Gasteiger partial charge in [-0.25, -0.2) is 0 Å². The minimum absolute atomic E-state index is 0.141. The van der Waals surface area contributed by atoms with E-state index in [2.05, 4.69) is 0 Å². The SMILES string of the molecule is CC(C=O)c1ccccc1C=CC1(O)C=CC=CC1. The van der Waals surface area contributed by atoms with Crippen molar-refractivity contribution in [2.24, 2.45) is 0 Å². The Hall–Kier alpha value is -1.93. The van der Waals surface area contributed by atoms with Gasteiger partial charge < -0.3 is 9.90 Å². The second kappa shape index (κ2) is 5.81. The molecule has 1 aromatic carbocycles. The van der Waals surface area contributed by atoms with Crippen molar-refractivity contribution < 1.29 is 9.90 Å². The fourth-order valence-corrected chi connectivity index (χ4v) is 2.13. The summed E-state index contributed by atoms with van der Waals surface area (Å²) < 4.78 is 0. The monoisotopic (exact) mass is 254 g/mol. The number of rotatable bonds is 4. The van der Waals surface area contributed by atoms with Gasteiger partial charge in [0.05, 0.1) is 0 Å². The van der Waals surface area contributed by atoms with Crippen LogP contribution in [0.4, 0.5) is 0 Å². The molecule has 1 aliphatic carbocycles. The molecule has 0 fully saturated rings. The molecule has 0 saturated carbocycles. The lowest BCUT2D eigenvalue weighted by Crippen LogP contribution is -2.22. The summed E-state index contributed by atoms with van der Waals surface area (Å²) in [6, 6.07) is 7.75. The number of aldehydes is 1. The third-order valence-corrected chi connectivity index (χ3v) is 3.32. The van der Waals surface area contributed by atoms with Gasteiger partial charge in [-0.15, -0.1) is 0 Å². The molecule has 1 aliphatic rings. The number of carbonyl (C=O) groups excluding carboxylic acids is 1. The standard InChI is InChI=1S/C17H18O2/c1-14(13-18)16-8-4-3-7-15(16)9-12-17(19)10-5-2-6-11-17/h2-10,12-14,19H,11H2,1H3. The third-order valence-electron chi connectivity index (χ3n) is 3.32. The Morgan fingerprint density at radius 1 is 1.32 bits per heavy atom. The van der Waals surface area contributed by atoms with Gasteiger partial charge in [0, 0.05) is 12.3 Å². The molecule has 19 heavy (non-hydrogen) atoms. The van der Waals surface area contributed by atoms with Gasteiger partial charge in [-0.3, -0.25) is 0 Å². The lowest BCUT2D eigenvalue weighted by molar-refractivity contribution is -0.108. The van der Waals surface area contributed by atoms with Crippen LogP contribution in [0.5, 0.6) is 0 Å². The van der Waals surface area contributed by atoms with E-state index in [-0.39, 0.29) is 5.92 Å². The fraction of sp³-hybridized carbons (Fsp3) is 0.235. The molecule has 98 valence electrons. The average Bonchev–Trinajstić information content (AvgIpc) is 2.45. The Bertz CT molecular complexity index is 540. The molecule has 0 aliphatic heterocycles. The van der Waals surface area contributed by atoms with Gasteiger partial charge in [0.2, 0.25) is 0 Å². The van der Waals surface area contributed by atoms with E-state index in [0.717, 1.165) is 17.4 Å². The molecular formula is C17H18O2. The highest BCUT2D eigenvalue weighted by Crippen LogP contribution is 2.23. The molecule has 1 N–H and O–H groups in total. The molecular weight excluding hydrogens is 236 g/mol. The van der Waals surface area contributed by atoms with Crippen LogP contribution in [-0.4, -0.2) is 17.0 Å². The molecule has 2 heteroatoms. The predicted octanol–water partition coefficient (Wildman–Crippen LogP) is 3.25. The summed E-state index contributed by atoms with van der Waals surface area (Å²) in [5.74, 6) is -0.141. The Morgan fingerprint density at radius 3 is 2.79 bits per heavy atom. The van der Waals surface area contributed by atoms with Gasteiger partial charge in [0.1, 0.15) is 11.9 Å². The molecule has 0 spiro atoms. The fourth-order valence-electron chi connectivity index (χ4n) is 2.13. The Kier molecular flexibility index (Phi) is 4.13. The molecule has 2 atom stereocenters. The smallest absolute Gasteiger partial charge is 0.127 e. The molecule has 1 aromatic rings. The first-order valence-electron chi connectivity index (χ1n) is 6.45. The summed E-state index contributed by atoms with van der Waals surface area (Å²) in [6.45, 7) is 1.87. The molecule has 0 amide bonds. The summed E-state index contributed by atoms with van der Waals surface area (Å²) in [5.41, 5.74) is 1.03. The molecule has 0 radical (unpaired) electrons. The highest BCUT2D eigenvalue weighted by molar-refractivity contribution is 5.67. The van der Waals surface area contributed by atoms with Gasteiger partial charge in [-0.05, 0) is 23.3 Å². The van der Waals surface area contributed by atoms with E-state index < -0.39 is 5.60 Å². The van der Waals surface area contributed by atoms with E-state index in [1.807, 2.05) is 55.5 Å². The Balaban J connectivity index is 2.26. The number of carbonyl (C=O) groups is 1. The van der Waals surface area contributed by atoms with Crippen LogP contribution in [0.2, 0.25) is 0 Å². The van der Waals surface area contributed by atoms with E-state index in [1.165, 1.54) is 0 Å². The van der Waals surface area contributed by atoms with Crippen molar-refractivity contribution >= 4 is 12.4 Å². The average molecular weight is 254 g/mol. The highest BCUT2D eigenvalue weighted by Gasteiger charge is 2.19. The van der Waals surface area contributed by atoms with Crippen molar-refractivity contribution in [3.63, 3.8) is 0 Å². The molecule has 2 nitrogen and oxygen atoms in total. The summed E-state index contributed by atoms with van der Waals surface area (Å²) in [7, 11) is 0. The van der Waals surface area contributed by atoms with E-state index in [9.17, 15) is 9.90 Å². The molecule has 2 unspecified atom stereocenters. The zero-order valence-corrected chi connectivity index (χ0v) is 11.0. The number of benzene rings is 1. The lowest BCUT2D eigenvalue weighted by Gasteiger charge is -2.21. The van der Waals surface area contributed by atoms with Crippen LogP contribution in [0.1, 0.15) is 30.4 Å². The summed E-state index contributed by atoms with van der Waals surface area (Å²) in [5, 5.41) is 10.3. The van der Waals surface area contributed by atoms with Crippen LogP contribution >= 0.6 is 0 Å². The van der Waals surface area contributed by atoms with Crippen LogP contribution in [0, 0.1) is 0 Å². The van der Waals surface area contributed by atoms with Crippen molar-refractivity contribution in [2.45, 2.75) is 24.9 Å². The van der Waals surface area contributed by atoms with Crippen LogP contribution in [0.25, 0.3) is 6.08 Å². The lowest BCUT2D eigenvalue weighted by atomic mass is 9.92. The van der Waals surface area contributed by atoms with E-state index in [1.54, 1.807) is 12.2 Å². The van der Waals surface area contributed by atoms with Crippen molar-refractivity contribution in [2.75, 3.05) is 0 Å². The first-order chi connectivity index (χ1) is 9.14. The number of hydrogen-bond donors (Lipinski definition) is 1. The second-order valence-corrected chi connectivity index (χ2v) is 4.87. The Labute approximate surface area is 113 Å². The zero-order valence-electron chi connectivity index (χ0n) is 11.0. The van der Waals surface area contributed by atoms with Crippen molar-refractivity contribution in [3.05, 3.63) is 65.8 Å². The first kappa shape index (κ1) is 13.5. The van der Waals surface area contributed by atoms with Crippen LogP contribution in [-0.2, 0) is 4.79 Å². The van der Waals surface area contributed by atoms with E-state index >= 15 is 0 Å². The van der Waals surface area contributed by atoms with Gasteiger partial charge in [-0.2, -0.15) is 0 Å². The summed E-state index contributed by atoms with van der Waals surface area (Å²) in [6.07, 6.45) is 12.6. The Morgan fingerprint density at radius 2 is 2.11 bits per heavy atom. The number of allylic oxidation sites excluding steroid dienone is 2. The van der Waals surface area contributed by atoms with Crippen molar-refractivity contribution in [3.8, 4) is 0 Å². The topological polar surface area (TPSA) is 37.3 Å². The maximum absolute atomic E-state index is 10.9. The van der Waals surface area contributed by atoms with E-state index in [4.69, 9.17) is 0 Å². The van der Waals surface area contributed by atoms with Gasteiger partial charge in [0.15, 0.2) is 0 Å². The summed E-state index contributed by atoms with van der Waals surface area (Å²) in [4.78, 5) is 10.9. The number of hydrogen-bond acceptors (Lipinski definition) is 2. The number of aliphatic hydroxyl groups is 1. The zero-order chi connectivity index (χ0) is 13.7. The minimum atomic E-state index is -0.924. The largest absolute Gasteiger partial charge is 0.381 e. The molecule has 0 bridgehead atoms. The van der Waals surface area contributed by atoms with Gasteiger partial charge in [0.25, 0.3) is 0 Å². The van der Waals surface area contributed by atoms with Crippen molar-refractivity contribution in [1.82, 2.24) is 0 Å². The van der Waals surface area contributed by atoms with Gasteiger partial charge in [-0.1, -0.05) is 55.5 Å². The predicted molar refractivity (Wildman–Crippen MR) is 77.8 cm³/mol. The van der Waals surface area contributed by atoms with Crippen molar-refractivity contribution in [1.29, 1.82) is 0 Å². The van der Waals surface area contributed by atoms with E-state index in [0.29, 0.717) is 6.42 Å². The van der Waals surface area contributed by atoms with Gasteiger partial charge >= 0.3 is 0 Å². The second-order valence-electron chi connectivity index (χ2n) is 4.87. The third kappa shape index (κ3) is 3.30. The maximum atomic E-state index is 10.9. The molecule has 0 saturated heterocycles. The highest BCUT2D eigenvalue weighted by atomic mass is 16.3. The quantitative estimate of drug-likeness (QED) is 0.837.